The van der Waals surface area contributed by atoms with Gasteiger partial charge in [0.05, 0.1) is 11.0 Å². The van der Waals surface area contributed by atoms with E-state index in [9.17, 15) is 9.59 Å². The largest absolute Gasteiger partial charge is 0.319 e. The van der Waals surface area contributed by atoms with Gasteiger partial charge >= 0.3 is 0 Å². The minimum Gasteiger partial charge on any atom is -0.319 e. The van der Waals surface area contributed by atoms with Crippen LogP contribution in [0.5, 0.6) is 0 Å². The first kappa shape index (κ1) is 16.5. The summed E-state index contributed by atoms with van der Waals surface area (Å²) in [7, 11) is 0. The molecule has 0 spiro atoms. The zero-order chi connectivity index (χ0) is 18.3. The number of hydrogen-bond acceptors (Lipinski definition) is 3. The van der Waals surface area contributed by atoms with Crippen LogP contribution in [0.25, 0.3) is 11.0 Å². The second-order valence-corrected chi connectivity index (χ2v) is 7.41. The van der Waals surface area contributed by atoms with Crippen LogP contribution in [0.2, 0.25) is 0 Å². The summed E-state index contributed by atoms with van der Waals surface area (Å²) in [6.07, 6.45) is 0.594. The molecule has 1 amide bonds. The first-order chi connectivity index (χ1) is 12.5. The summed E-state index contributed by atoms with van der Waals surface area (Å²) < 4.78 is 0. The van der Waals surface area contributed by atoms with Crippen LogP contribution in [0, 0.1) is 0 Å². The molecule has 26 heavy (non-hydrogen) atoms. The van der Waals surface area contributed by atoms with Crippen molar-refractivity contribution in [3.05, 3.63) is 70.1 Å². The second-order valence-electron chi connectivity index (χ2n) is 7.41. The number of carbonyl (C=O) groups excluding carboxylic acids is 1. The summed E-state index contributed by atoms with van der Waals surface area (Å²) in [6, 6.07) is 15.4. The molecule has 1 aliphatic rings. The molecule has 0 bridgehead atoms. The number of benzene rings is 2. The van der Waals surface area contributed by atoms with Gasteiger partial charge in [-0.1, -0.05) is 44.2 Å². The highest BCUT2D eigenvalue weighted by molar-refractivity contribution is 5.96. The maximum absolute atomic E-state index is 12.8. The minimum atomic E-state index is -0.223. The maximum Gasteiger partial charge on any atom is 0.270 e. The Labute approximate surface area is 151 Å². The van der Waals surface area contributed by atoms with E-state index in [1.807, 2.05) is 47.4 Å². The van der Waals surface area contributed by atoms with Crippen molar-refractivity contribution in [2.45, 2.75) is 32.1 Å². The number of amides is 1. The molecular weight excluding hydrogens is 326 g/mol. The van der Waals surface area contributed by atoms with Crippen LogP contribution in [0.1, 0.15) is 31.5 Å². The van der Waals surface area contributed by atoms with Crippen molar-refractivity contribution in [1.29, 1.82) is 0 Å². The number of anilines is 1. The van der Waals surface area contributed by atoms with Crippen molar-refractivity contribution < 1.29 is 4.79 Å². The number of H-pyrrole nitrogens is 1. The molecule has 2 heterocycles. The molecular formula is C21H21N3O2. The Hall–Kier alpha value is -2.95. The normalized spacial score (nSPS) is 15.2. The average Bonchev–Trinajstić information content (AvgIpc) is 2.91. The van der Waals surface area contributed by atoms with Crippen molar-refractivity contribution in [3.63, 3.8) is 0 Å². The van der Waals surface area contributed by atoms with Crippen molar-refractivity contribution >= 4 is 22.6 Å². The molecule has 0 saturated heterocycles. The molecule has 5 nitrogen and oxygen atoms in total. The van der Waals surface area contributed by atoms with E-state index in [-0.39, 0.29) is 23.3 Å². The quantitative estimate of drug-likeness (QED) is 0.791. The average molecular weight is 347 g/mol. The first-order valence-corrected chi connectivity index (χ1v) is 8.83. The number of fused-ring (bicyclic) bond motifs is 2. The summed E-state index contributed by atoms with van der Waals surface area (Å²) in [5.74, 6) is 0.0254. The summed E-state index contributed by atoms with van der Waals surface area (Å²) >= 11 is 0. The van der Waals surface area contributed by atoms with Crippen molar-refractivity contribution in [2.24, 2.45) is 0 Å². The molecule has 0 radical (unpaired) electrons. The van der Waals surface area contributed by atoms with Gasteiger partial charge in [0.15, 0.2) is 0 Å². The molecule has 0 aliphatic carbocycles. The minimum absolute atomic E-state index is 0.0254. The molecule has 0 atom stereocenters. The monoisotopic (exact) mass is 347 g/mol. The molecule has 5 heteroatoms. The SMILES string of the molecule is CC1(C)CN(C(=O)CCc2nc3ccccc3[nH]c2=O)c2ccccc21. The van der Waals surface area contributed by atoms with E-state index in [1.54, 1.807) is 0 Å². The molecule has 1 aliphatic heterocycles. The third kappa shape index (κ3) is 2.79. The smallest absolute Gasteiger partial charge is 0.270 e. The summed E-state index contributed by atoms with van der Waals surface area (Å²) in [5, 5.41) is 0. The van der Waals surface area contributed by atoms with Gasteiger partial charge in [-0.2, -0.15) is 0 Å². The zero-order valence-corrected chi connectivity index (χ0v) is 15.0. The Morgan fingerprint density at radius 3 is 2.73 bits per heavy atom. The third-order valence-electron chi connectivity index (χ3n) is 5.02. The lowest BCUT2D eigenvalue weighted by atomic mass is 9.87. The molecule has 0 fully saturated rings. The highest BCUT2D eigenvalue weighted by Crippen LogP contribution is 2.40. The Bertz CT molecular complexity index is 1050. The molecule has 0 unspecified atom stereocenters. The second kappa shape index (κ2) is 6.09. The standard InChI is InChI=1S/C21H21N3O2/c1-21(2)13-24(18-10-6-3-7-14(18)21)19(25)12-11-17-20(26)23-16-9-5-4-8-15(16)22-17/h3-10H,11-13H2,1-2H3,(H,23,26). The fourth-order valence-electron chi connectivity index (χ4n) is 3.67. The van der Waals surface area contributed by atoms with Crippen LogP contribution in [-0.2, 0) is 16.6 Å². The Balaban J connectivity index is 1.55. The number of para-hydroxylation sites is 3. The lowest BCUT2D eigenvalue weighted by Gasteiger charge is -2.20. The van der Waals surface area contributed by atoms with Crippen molar-refractivity contribution in [3.8, 4) is 0 Å². The summed E-state index contributed by atoms with van der Waals surface area (Å²) in [4.78, 5) is 34.2. The van der Waals surface area contributed by atoms with E-state index in [0.29, 0.717) is 24.2 Å². The van der Waals surface area contributed by atoms with E-state index < -0.39 is 0 Å². The lowest BCUT2D eigenvalue weighted by molar-refractivity contribution is -0.118. The van der Waals surface area contributed by atoms with Gasteiger partial charge in [0.25, 0.3) is 5.56 Å². The highest BCUT2D eigenvalue weighted by Gasteiger charge is 2.37. The number of aromatic nitrogens is 2. The van der Waals surface area contributed by atoms with Crippen LogP contribution in [-0.4, -0.2) is 22.4 Å². The molecule has 3 aromatic rings. The fourth-order valence-corrected chi connectivity index (χ4v) is 3.67. The van der Waals surface area contributed by atoms with Crippen LogP contribution in [0.3, 0.4) is 0 Å². The third-order valence-corrected chi connectivity index (χ3v) is 5.02. The predicted octanol–water partition coefficient (Wildman–Crippen LogP) is 3.18. The Kier molecular flexibility index (Phi) is 3.87. The number of aromatic amines is 1. The van der Waals surface area contributed by atoms with Gasteiger partial charge in [-0.3, -0.25) is 9.59 Å². The summed E-state index contributed by atoms with van der Waals surface area (Å²) in [5.41, 5.74) is 3.73. The van der Waals surface area contributed by atoms with E-state index in [0.717, 1.165) is 11.2 Å². The highest BCUT2D eigenvalue weighted by atomic mass is 16.2. The van der Waals surface area contributed by atoms with Gasteiger partial charge in [-0.25, -0.2) is 4.98 Å². The lowest BCUT2D eigenvalue weighted by Crippen LogP contribution is -2.34. The van der Waals surface area contributed by atoms with Gasteiger partial charge in [0, 0.05) is 30.5 Å². The molecule has 2 aromatic carbocycles. The summed E-state index contributed by atoms with van der Waals surface area (Å²) in [6.45, 7) is 4.95. The topological polar surface area (TPSA) is 66.1 Å². The molecule has 1 N–H and O–H groups in total. The van der Waals surface area contributed by atoms with Crippen molar-refractivity contribution in [2.75, 3.05) is 11.4 Å². The predicted molar refractivity (Wildman–Crippen MR) is 103 cm³/mol. The van der Waals surface area contributed by atoms with Crippen molar-refractivity contribution in [1.82, 2.24) is 9.97 Å². The van der Waals surface area contributed by atoms with Gasteiger partial charge in [0.1, 0.15) is 5.69 Å². The number of carbonyl (C=O) groups is 1. The van der Waals surface area contributed by atoms with Gasteiger partial charge in [-0.05, 0) is 23.8 Å². The van der Waals surface area contributed by atoms with E-state index in [1.165, 1.54) is 5.56 Å². The van der Waals surface area contributed by atoms with E-state index in [2.05, 4.69) is 29.9 Å². The fraction of sp³-hybridized carbons (Fsp3) is 0.286. The first-order valence-electron chi connectivity index (χ1n) is 8.83. The number of nitrogens with one attached hydrogen (secondary N) is 1. The number of nitrogens with zero attached hydrogens (tertiary/aromatic N) is 2. The van der Waals surface area contributed by atoms with E-state index in [4.69, 9.17) is 0 Å². The number of aryl methyl sites for hydroxylation is 1. The van der Waals surface area contributed by atoms with E-state index >= 15 is 0 Å². The van der Waals surface area contributed by atoms with Gasteiger partial charge < -0.3 is 9.88 Å². The number of hydrogen-bond donors (Lipinski definition) is 1. The molecule has 132 valence electrons. The van der Waals surface area contributed by atoms with Crippen LogP contribution < -0.4 is 10.5 Å². The van der Waals surface area contributed by atoms with Crippen LogP contribution in [0.4, 0.5) is 5.69 Å². The molecule has 0 saturated carbocycles. The molecule has 1 aromatic heterocycles. The van der Waals surface area contributed by atoms with Crippen LogP contribution in [0.15, 0.2) is 53.3 Å². The maximum atomic E-state index is 12.8. The molecule has 4 rings (SSSR count). The van der Waals surface area contributed by atoms with Crippen LogP contribution >= 0.6 is 0 Å². The number of rotatable bonds is 3. The zero-order valence-electron chi connectivity index (χ0n) is 15.0. The Morgan fingerprint density at radius 1 is 1.15 bits per heavy atom. The van der Waals surface area contributed by atoms with Gasteiger partial charge in [0.2, 0.25) is 5.91 Å². The van der Waals surface area contributed by atoms with Gasteiger partial charge in [-0.15, -0.1) is 0 Å². The Morgan fingerprint density at radius 2 is 1.88 bits per heavy atom.